The topological polar surface area (TPSA) is 44.8 Å². The van der Waals surface area contributed by atoms with Crippen LogP contribution in [0.3, 0.4) is 0 Å². The predicted molar refractivity (Wildman–Crippen MR) is 100 cm³/mol. The van der Waals surface area contributed by atoms with Gasteiger partial charge in [0.05, 0.1) is 17.7 Å². The van der Waals surface area contributed by atoms with E-state index >= 15 is 0 Å². The molecule has 0 spiro atoms. The maximum absolute atomic E-state index is 12.6. The summed E-state index contributed by atoms with van der Waals surface area (Å²) in [6.45, 7) is 7.10. The van der Waals surface area contributed by atoms with Crippen molar-refractivity contribution in [1.29, 1.82) is 0 Å². The number of fused-ring (bicyclic) bond motifs is 1. The molecular formula is C20H27BrO4. The van der Waals surface area contributed by atoms with Gasteiger partial charge in [-0.2, -0.15) is 0 Å². The van der Waals surface area contributed by atoms with Crippen molar-refractivity contribution in [2.45, 2.75) is 70.7 Å². The molecule has 4 nitrogen and oxygen atoms in total. The summed E-state index contributed by atoms with van der Waals surface area (Å²) in [5, 5.41) is 0. The third-order valence-electron chi connectivity index (χ3n) is 5.34. The molecule has 3 rings (SSSR count). The molecule has 2 atom stereocenters. The maximum Gasteiger partial charge on any atom is 0.163 e. The van der Waals surface area contributed by atoms with Gasteiger partial charge in [0.2, 0.25) is 0 Å². The fourth-order valence-electron chi connectivity index (χ4n) is 3.85. The first kappa shape index (κ1) is 18.9. The van der Waals surface area contributed by atoms with Gasteiger partial charge in [0.15, 0.2) is 12.1 Å². The van der Waals surface area contributed by atoms with E-state index in [1.165, 1.54) is 0 Å². The number of methoxy groups -OCH3 is 1. The van der Waals surface area contributed by atoms with Crippen LogP contribution in [0, 0.1) is 0 Å². The average molecular weight is 411 g/mol. The Balaban J connectivity index is 2.00. The number of hydrogen-bond acceptors (Lipinski definition) is 4. The zero-order valence-electron chi connectivity index (χ0n) is 15.5. The van der Waals surface area contributed by atoms with E-state index in [1.54, 1.807) is 7.11 Å². The van der Waals surface area contributed by atoms with Crippen molar-refractivity contribution in [3.8, 4) is 5.75 Å². The van der Waals surface area contributed by atoms with Gasteiger partial charge in [-0.1, -0.05) is 13.8 Å². The number of hydrogen-bond donors (Lipinski definition) is 0. The van der Waals surface area contributed by atoms with Crippen LogP contribution in [-0.2, 0) is 14.9 Å². The van der Waals surface area contributed by atoms with Gasteiger partial charge >= 0.3 is 0 Å². The highest BCUT2D eigenvalue weighted by atomic mass is 79.9. The molecule has 0 radical (unpaired) electrons. The first-order valence-electron chi connectivity index (χ1n) is 9.06. The fourth-order valence-corrected chi connectivity index (χ4v) is 4.99. The van der Waals surface area contributed by atoms with Crippen molar-refractivity contribution in [3.63, 3.8) is 0 Å². The Labute approximate surface area is 158 Å². The monoisotopic (exact) mass is 410 g/mol. The van der Waals surface area contributed by atoms with Crippen molar-refractivity contribution < 1.29 is 19.0 Å². The zero-order valence-corrected chi connectivity index (χ0v) is 17.1. The van der Waals surface area contributed by atoms with Crippen LogP contribution in [0.1, 0.15) is 80.5 Å². The lowest BCUT2D eigenvalue weighted by Gasteiger charge is -2.35. The van der Waals surface area contributed by atoms with Crippen LogP contribution in [0.25, 0.3) is 0 Å². The molecule has 0 saturated carbocycles. The van der Waals surface area contributed by atoms with Crippen LogP contribution in [0.4, 0.5) is 0 Å². The number of carbonyl (C=O) groups is 1. The molecule has 138 valence electrons. The SMILES string of the molecule is COc1c(C(C)OC2CCCCO2)cc2c(c1Br)C(C)(C)CCC2=O. The van der Waals surface area contributed by atoms with Crippen molar-refractivity contribution in [1.82, 2.24) is 0 Å². The van der Waals surface area contributed by atoms with E-state index in [0.717, 1.165) is 59.2 Å². The van der Waals surface area contributed by atoms with Gasteiger partial charge < -0.3 is 14.2 Å². The zero-order chi connectivity index (χ0) is 18.2. The molecule has 0 bridgehead atoms. The summed E-state index contributed by atoms with van der Waals surface area (Å²) < 4.78 is 18.4. The minimum atomic E-state index is -0.211. The summed E-state index contributed by atoms with van der Waals surface area (Å²) in [6, 6.07) is 1.97. The third-order valence-corrected chi connectivity index (χ3v) is 6.10. The van der Waals surface area contributed by atoms with Crippen molar-refractivity contribution in [3.05, 3.63) is 27.2 Å². The first-order chi connectivity index (χ1) is 11.8. The van der Waals surface area contributed by atoms with E-state index in [1.807, 2.05) is 13.0 Å². The number of halogens is 1. The second-order valence-electron chi connectivity index (χ2n) is 7.62. The third kappa shape index (κ3) is 3.64. The van der Waals surface area contributed by atoms with Crippen LogP contribution in [0.2, 0.25) is 0 Å². The fraction of sp³-hybridized carbons (Fsp3) is 0.650. The van der Waals surface area contributed by atoms with Crippen LogP contribution < -0.4 is 4.74 Å². The smallest absolute Gasteiger partial charge is 0.163 e. The molecule has 2 unspecified atom stereocenters. The second-order valence-corrected chi connectivity index (χ2v) is 8.41. The Hall–Kier alpha value is -0.910. The summed E-state index contributed by atoms with van der Waals surface area (Å²) in [6.07, 6.45) is 4.15. The van der Waals surface area contributed by atoms with Gasteiger partial charge in [-0.3, -0.25) is 4.79 Å². The van der Waals surface area contributed by atoms with Crippen LogP contribution in [0.5, 0.6) is 5.75 Å². The van der Waals surface area contributed by atoms with E-state index in [4.69, 9.17) is 14.2 Å². The largest absolute Gasteiger partial charge is 0.495 e. The number of Topliss-reactive ketones (excluding diaryl/α,β-unsaturated/α-hetero) is 1. The molecule has 1 fully saturated rings. The van der Waals surface area contributed by atoms with E-state index < -0.39 is 0 Å². The maximum atomic E-state index is 12.6. The molecule has 0 aromatic heterocycles. The Kier molecular flexibility index (Phi) is 5.57. The highest BCUT2D eigenvalue weighted by molar-refractivity contribution is 9.10. The van der Waals surface area contributed by atoms with Gasteiger partial charge in [-0.05, 0) is 65.6 Å². The minimum Gasteiger partial charge on any atom is -0.495 e. The number of ketones is 1. The minimum absolute atomic E-state index is 0.0650. The number of carbonyl (C=O) groups excluding carboxylic acids is 1. The highest BCUT2D eigenvalue weighted by Crippen LogP contribution is 2.47. The lowest BCUT2D eigenvalue weighted by molar-refractivity contribution is -0.186. The molecule has 1 aromatic carbocycles. The lowest BCUT2D eigenvalue weighted by Crippen LogP contribution is -2.29. The average Bonchev–Trinajstić information content (AvgIpc) is 2.58. The second kappa shape index (κ2) is 7.37. The number of rotatable bonds is 4. The summed E-state index contributed by atoms with van der Waals surface area (Å²) in [5.41, 5.74) is 2.67. The molecule has 0 N–H and O–H groups in total. The summed E-state index contributed by atoms with van der Waals surface area (Å²) in [5.74, 6) is 0.949. The van der Waals surface area contributed by atoms with Gasteiger partial charge in [-0.25, -0.2) is 0 Å². The van der Waals surface area contributed by atoms with Crippen molar-refractivity contribution in [2.75, 3.05) is 13.7 Å². The normalized spacial score (nSPS) is 23.9. The summed E-state index contributed by atoms with van der Waals surface area (Å²) in [7, 11) is 1.66. The Morgan fingerprint density at radius 2 is 2.12 bits per heavy atom. The van der Waals surface area contributed by atoms with Crippen molar-refractivity contribution >= 4 is 21.7 Å². The number of benzene rings is 1. The molecule has 5 heteroatoms. The van der Waals surface area contributed by atoms with Gasteiger partial charge in [0.25, 0.3) is 0 Å². The van der Waals surface area contributed by atoms with Gasteiger partial charge in [-0.15, -0.1) is 0 Å². The number of ether oxygens (including phenoxy) is 3. The summed E-state index contributed by atoms with van der Waals surface area (Å²) in [4.78, 5) is 12.6. The van der Waals surface area contributed by atoms with E-state index in [9.17, 15) is 4.79 Å². The Morgan fingerprint density at radius 3 is 2.76 bits per heavy atom. The Morgan fingerprint density at radius 1 is 1.36 bits per heavy atom. The van der Waals surface area contributed by atoms with E-state index in [-0.39, 0.29) is 23.6 Å². The van der Waals surface area contributed by atoms with Crippen LogP contribution in [0.15, 0.2) is 10.5 Å². The summed E-state index contributed by atoms with van der Waals surface area (Å²) >= 11 is 3.71. The molecule has 0 amide bonds. The molecule has 1 heterocycles. The molecule has 1 aliphatic heterocycles. The standard InChI is InChI=1S/C20H27BrO4/c1-12(25-16-7-5-6-10-24-16)13-11-14-15(22)8-9-20(2,3)17(14)18(21)19(13)23-4/h11-12,16H,5-10H2,1-4H3. The molecule has 1 saturated heterocycles. The van der Waals surface area contributed by atoms with Crippen LogP contribution in [-0.4, -0.2) is 25.8 Å². The molecule has 25 heavy (non-hydrogen) atoms. The lowest BCUT2D eigenvalue weighted by atomic mass is 9.71. The van der Waals surface area contributed by atoms with Crippen LogP contribution >= 0.6 is 15.9 Å². The van der Waals surface area contributed by atoms with Gasteiger partial charge in [0.1, 0.15) is 5.75 Å². The quantitative estimate of drug-likeness (QED) is 0.673. The molecular weight excluding hydrogens is 384 g/mol. The predicted octanol–water partition coefficient (Wildman–Crippen LogP) is 5.32. The molecule has 1 aliphatic carbocycles. The van der Waals surface area contributed by atoms with E-state index in [2.05, 4.69) is 29.8 Å². The van der Waals surface area contributed by atoms with Gasteiger partial charge in [0, 0.05) is 24.2 Å². The van der Waals surface area contributed by atoms with Crippen molar-refractivity contribution in [2.24, 2.45) is 0 Å². The highest BCUT2D eigenvalue weighted by Gasteiger charge is 2.36. The molecule has 2 aliphatic rings. The first-order valence-corrected chi connectivity index (χ1v) is 9.85. The van der Waals surface area contributed by atoms with E-state index in [0.29, 0.717) is 6.42 Å². The Bertz CT molecular complexity index is 662. The molecule has 1 aromatic rings.